The molecule has 38 heavy (non-hydrogen) atoms. The predicted molar refractivity (Wildman–Crippen MR) is 125 cm³/mol. The van der Waals surface area contributed by atoms with Crippen LogP contribution >= 0.6 is 0 Å². The van der Waals surface area contributed by atoms with E-state index in [-0.39, 0.29) is 24.3 Å². The van der Waals surface area contributed by atoms with Crippen LogP contribution in [0.2, 0.25) is 0 Å². The Morgan fingerprint density at radius 1 is 1.08 bits per heavy atom. The summed E-state index contributed by atoms with van der Waals surface area (Å²) in [5, 5.41) is -0.799. The highest BCUT2D eigenvalue weighted by Crippen LogP contribution is 2.36. The van der Waals surface area contributed by atoms with Gasteiger partial charge in [0.15, 0.2) is 11.6 Å². The zero-order valence-electron chi connectivity index (χ0n) is 20.0. The second-order valence-corrected chi connectivity index (χ2v) is 8.78. The van der Waals surface area contributed by atoms with Crippen LogP contribution in [0.5, 0.6) is 0 Å². The van der Waals surface area contributed by atoms with Gasteiger partial charge in [0, 0.05) is 43.7 Å². The third-order valence-corrected chi connectivity index (χ3v) is 6.25. The van der Waals surface area contributed by atoms with E-state index in [0.29, 0.717) is 6.07 Å². The molecule has 1 aromatic carbocycles. The minimum atomic E-state index is -5.07. The molecular formula is C25H19F6N5O2. The van der Waals surface area contributed by atoms with Crippen LogP contribution in [0.15, 0.2) is 41.3 Å². The predicted octanol–water partition coefficient (Wildman–Crippen LogP) is 4.71. The van der Waals surface area contributed by atoms with Crippen molar-refractivity contribution in [3.63, 3.8) is 0 Å². The molecule has 0 radical (unpaired) electrons. The van der Waals surface area contributed by atoms with Gasteiger partial charge in [-0.3, -0.25) is 14.3 Å². The first kappa shape index (κ1) is 25.6. The van der Waals surface area contributed by atoms with Gasteiger partial charge in [-0.2, -0.15) is 13.2 Å². The van der Waals surface area contributed by atoms with Gasteiger partial charge in [0.1, 0.15) is 34.3 Å². The van der Waals surface area contributed by atoms with Crippen molar-refractivity contribution in [1.29, 1.82) is 0 Å². The van der Waals surface area contributed by atoms with Gasteiger partial charge in [-0.25, -0.2) is 23.1 Å². The highest BCUT2D eigenvalue weighted by atomic mass is 19.4. The Morgan fingerprint density at radius 2 is 1.84 bits per heavy atom. The average Bonchev–Trinajstić information content (AvgIpc) is 2.86. The first-order valence-corrected chi connectivity index (χ1v) is 11.4. The Balaban J connectivity index is 1.75. The molecule has 0 N–H and O–H groups in total. The Labute approximate surface area is 211 Å². The summed E-state index contributed by atoms with van der Waals surface area (Å²) in [7, 11) is 0.811. The van der Waals surface area contributed by atoms with E-state index in [4.69, 9.17) is 4.74 Å². The number of morpholine rings is 1. The zero-order valence-corrected chi connectivity index (χ0v) is 20.0. The van der Waals surface area contributed by atoms with Crippen LogP contribution in [0.4, 0.5) is 32.2 Å². The van der Waals surface area contributed by atoms with E-state index < -0.39 is 69.1 Å². The molecule has 4 heterocycles. The number of aryl methyl sites for hydroxylation is 1. The minimum absolute atomic E-state index is 0.0681. The highest BCUT2D eigenvalue weighted by molar-refractivity contribution is 5.93. The van der Waals surface area contributed by atoms with Gasteiger partial charge in [0.25, 0.3) is 5.56 Å². The molecule has 0 spiro atoms. The lowest BCUT2D eigenvalue weighted by Gasteiger charge is -2.34. The Bertz CT molecular complexity index is 1620. The molecule has 1 saturated heterocycles. The van der Waals surface area contributed by atoms with Crippen molar-refractivity contribution in [2.75, 3.05) is 24.6 Å². The summed E-state index contributed by atoms with van der Waals surface area (Å²) in [6, 6.07) is 5.84. The van der Waals surface area contributed by atoms with Gasteiger partial charge >= 0.3 is 6.18 Å². The maximum Gasteiger partial charge on any atom is 0.449 e. The van der Waals surface area contributed by atoms with Crippen LogP contribution in [0.25, 0.3) is 22.2 Å². The van der Waals surface area contributed by atoms with E-state index in [1.165, 1.54) is 4.90 Å². The molecule has 0 saturated carbocycles. The topological polar surface area (TPSA) is 73.1 Å². The fourth-order valence-electron chi connectivity index (χ4n) is 4.43. The van der Waals surface area contributed by atoms with Crippen LogP contribution in [0.1, 0.15) is 23.2 Å². The number of pyridine rings is 2. The van der Waals surface area contributed by atoms with Gasteiger partial charge in [-0.15, -0.1) is 0 Å². The van der Waals surface area contributed by atoms with Crippen LogP contribution in [0.3, 0.4) is 0 Å². The van der Waals surface area contributed by atoms with Crippen LogP contribution < -0.4 is 10.5 Å². The van der Waals surface area contributed by atoms with E-state index in [1.54, 1.807) is 25.3 Å². The fourth-order valence-corrected chi connectivity index (χ4v) is 4.43. The molecule has 0 bridgehead atoms. The van der Waals surface area contributed by atoms with Gasteiger partial charge < -0.3 is 9.64 Å². The number of halogens is 6. The lowest BCUT2D eigenvalue weighted by Crippen LogP contribution is -2.40. The van der Waals surface area contributed by atoms with Gasteiger partial charge in [-0.1, -0.05) is 0 Å². The smallest absolute Gasteiger partial charge is 0.370 e. The standard InChI is InChI=1S/C25H19F6N5O2/c1-12-9-13(5-6-32-12)17-11-36(7-8-38-17)22-19(28)18-21(34-24(25(29,30)31)35(2)23(18)37)20(33-22)15-4-3-14(26)10-16(15)27/h3-6,9-10,17H,7-8,11H2,1-2H3. The molecule has 198 valence electrons. The second kappa shape index (κ2) is 9.39. The number of rotatable bonds is 3. The van der Waals surface area contributed by atoms with Crippen molar-refractivity contribution in [3.05, 3.63) is 81.4 Å². The summed E-state index contributed by atoms with van der Waals surface area (Å²) in [6.45, 7) is 2.11. The molecule has 1 aliphatic rings. The number of alkyl halides is 3. The van der Waals surface area contributed by atoms with E-state index in [9.17, 15) is 26.7 Å². The number of fused-ring (bicyclic) bond motifs is 1. The number of nitrogens with zero attached hydrogens (tertiary/aromatic N) is 5. The molecule has 0 amide bonds. The summed E-state index contributed by atoms with van der Waals surface area (Å²) in [6.07, 6.45) is -4.03. The Morgan fingerprint density at radius 3 is 2.53 bits per heavy atom. The lowest BCUT2D eigenvalue weighted by atomic mass is 10.1. The van der Waals surface area contributed by atoms with Crippen molar-refractivity contribution in [1.82, 2.24) is 19.5 Å². The maximum atomic E-state index is 15.9. The highest BCUT2D eigenvalue weighted by Gasteiger charge is 2.38. The fraction of sp³-hybridized carbons (Fsp3) is 0.280. The van der Waals surface area contributed by atoms with Gasteiger partial charge in [-0.05, 0) is 36.8 Å². The largest absolute Gasteiger partial charge is 0.449 e. The summed E-state index contributed by atoms with van der Waals surface area (Å²) in [5.74, 6) is -5.33. The molecule has 1 fully saturated rings. The first-order chi connectivity index (χ1) is 18.0. The number of benzene rings is 1. The van der Waals surface area contributed by atoms with Crippen molar-refractivity contribution in [2.45, 2.75) is 19.2 Å². The number of ether oxygens (including phenoxy) is 1. The molecular weight excluding hydrogens is 516 g/mol. The van der Waals surface area contributed by atoms with E-state index in [2.05, 4.69) is 15.0 Å². The normalized spacial score (nSPS) is 16.3. The van der Waals surface area contributed by atoms with E-state index >= 15 is 4.39 Å². The van der Waals surface area contributed by atoms with Crippen molar-refractivity contribution >= 4 is 16.7 Å². The summed E-state index contributed by atoms with van der Waals surface area (Å²) < 4.78 is 91.3. The van der Waals surface area contributed by atoms with Gasteiger partial charge in [0.2, 0.25) is 5.82 Å². The number of hydrogen-bond donors (Lipinski definition) is 0. The number of hydrogen-bond acceptors (Lipinski definition) is 6. The van der Waals surface area contributed by atoms with Crippen LogP contribution in [0, 0.1) is 24.4 Å². The molecule has 0 aliphatic carbocycles. The maximum absolute atomic E-state index is 15.9. The minimum Gasteiger partial charge on any atom is -0.370 e. The first-order valence-electron chi connectivity index (χ1n) is 11.4. The molecule has 5 rings (SSSR count). The van der Waals surface area contributed by atoms with Crippen LogP contribution in [-0.2, 0) is 18.0 Å². The van der Waals surface area contributed by atoms with E-state index in [0.717, 1.165) is 30.4 Å². The monoisotopic (exact) mass is 535 g/mol. The number of aromatic nitrogens is 4. The number of anilines is 1. The Kier molecular flexibility index (Phi) is 6.33. The summed E-state index contributed by atoms with van der Waals surface area (Å²) in [5.41, 5.74) is -1.62. The van der Waals surface area contributed by atoms with Crippen molar-refractivity contribution < 1.29 is 31.1 Å². The van der Waals surface area contributed by atoms with Crippen LogP contribution in [-0.4, -0.2) is 39.2 Å². The molecule has 7 nitrogen and oxygen atoms in total. The zero-order chi connectivity index (χ0) is 27.4. The molecule has 1 atom stereocenters. The lowest BCUT2D eigenvalue weighted by molar-refractivity contribution is -0.147. The molecule has 3 aromatic heterocycles. The summed E-state index contributed by atoms with van der Waals surface area (Å²) in [4.78, 5) is 26.3. The van der Waals surface area contributed by atoms with Crippen molar-refractivity contribution in [2.24, 2.45) is 7.05 Å². The SMILES string of the molecule is Cc1cc(C2CN(c3nc(-c4ccc(F)cc4F)c4nc(C(F)(F)F)n(C)c(=O)c4c3F)CCO2)ccn1. The third kappa shape index (κ3) is 4.46. The average molecular weight is 535 g/mol. The summed E-state index contributed by atoms with van der Waals surface area (Å²) >= 11 is 0. The third-order valence-electron chi connectivity index (χ3n) is 6.25. The second-order valence-electron chi connectivity index (χ2n) is 8.78. The molecule has 1 unspecified atom stereocenters. The Hall–Kier alpha value is -4.00. The molecule has 4 aromatic rings. The van der Waals surface area contributed by atoms with E-state index in [1.807, 2.05) is 0 Å². The molecule has 1 aliphatic heterocycles. The van der Waals surface area contributed by atoms with Gasteiger partial charge in [0.05, 0.1) is 6.61 Å². The van der Waals surface area contributed by atoms with Crippen molar-refractivity contribution in [3.8, 4) is 11.3 Å². The molecule has 13 heteroatoms. The quantitative estimate of drug-likeness (QED) is 0.354.